The van der Waals surface area contributed by atoms with E-state index in [1.165, 1.54) is 26.0 Å². The van der Waals surface area contributed by atoms with Gasteiger partial charge in [-0.15, -0.1) is 0 Å². The summed E-state index contributed by atoms with van der Waals surface area (Å²) in [6, 6.07) is 4.85. The molecule has 0 saturated heterocycles. The first-order chi connectivity index (χ1) is 12.5. The van der Waals surface area contributed by atoms with Gasteiger partial charge in [0.15, 0.2) is 17.5 Å². The maximum absolute atomic E-state index is 14.2. The SMILES string of the molecule is CCNC(=NCCC(=O)OC)NC(C)c1ccc(OCC2CC2)c(F)c1. The van der Waals surface area contributed by atoms with Crippen molar-refractivity contribution in [3.63, 3.8) is 0 Å². The van der Waals surface area contributed by atoms with Crippen LogP contribution in [0.15, 0.2) is 23.2 Å². The lowest BCUT2D eigenvalue weighted by atomic mass is 10.1. The van der Waals surface area contributed by atoms with Crippen molar-refractivity contribution in [2.45, 2.75) is 39.2 Å². The molecule has 1 unspecified atom stereocenters. The quantitative estimate of drug-likeness (QED) is 0.400. The Hall–Kier alpha value is -2.31. The monoisotopic (exact) mass is 365 g/mol. The van der Waals surface area contributed by atoms with Crippen LogP contribution in [0.25, 0.3) is 0 Å². The lowest BCUT2D eigenvalue weighted by Crippen LogP contribution is -2.39. The minimum absolute atomic E-state index is 0.155. The number of ether oxygens (including phenoxy) is 2. The average Bonchev–Trinajstić information content (AvgIpc) is 3.44. The van der Waals surface area contributed by atoms with Crippen LogP contribution >= 0.6 is 0 Å². The van der Waals surface area contributed by atoms with Crippen molar-refractivity contribution in [3.05, 3.63) is 29.6 Å². The molecule has 144 valence electrons. The third kappa shape index (κ3) is 6.54. The van der Waals surface area contributed by atoms with Gasteiger partial charge in [-0.2, -0.15) is 0 Å². The van der Waals surface area contributed by atoms with Gasteiger partial charge < -0.3 is 20.1 Å². The van der Waals surface area contributed by atoms with Gasteiger partial charge >= 0.3 is 5.97 Å². The molecule has 1 aromatic rings. The Kier molecular flexibility index (Phi) is 7.69. The average molecular weight is 365 g/mol. The number of methoxy groups -OCH3 is 1. The summed E-state index contributed by atoms with van der Waals surface area (Å²) in [6.07, 6.45) is 2.55. The first-order valence-electron chi connectivity index (χ1n) is 9.07. The number of benzene rings is 1. The topological polar surface area (TPSA) is 72.0 Å². The number of carbonyl (C=O) groups excluding carboxylic acids is 1. The number of guanidine groups is 1. The van der Waals surface area contributed by atoms with E-state index in [0.717, 1.165) is 5.56 Å². The zero-order valence-corrected chi connectivity index (χ0v) is 15.7. The highest BCUT2D eigenvalue weighted by Crippen LogP contribution is 2.30. The van der Waals surface area contributed by atoms with Gasteiger partial charge in [0.1, 0.15) is 0 Å². The molecule has 0 bridgehead atoms. The Morgan fingerprint density at radius 2 is 2.19 bits per heavy atom. The van der Waals surface area contributed by atoms with Crippen LogP contribution < -0.4 is 15.4 Å². The number of nitrogens with zero attached hydrogens (tertiary/aromatic N) is 1. The van der Waals surface area contributed by atoms with Crippen LogP contribution in [0.4, 0.5) is 4.39 Å². The number of hydrogen-bond acceptors (Lipinski definition) is 4. The van der Waals surface area contributed by atoms with Gasteiger partial charge in [-0.05, 0) is 50.3 Å². The first kappa shape index (κ1) is 20.0. The van der Waals surface area contributed by atoms with Crippen LogP contribution in [0.3, 0.4) is 0 Å². The highest BCUT2D eigenvalue weighted by Gasteiger charge is 2.22. The summed E-state index contributed by atoms with van der Waals surface area (Å²) in [5, 5.41) is 6.32. The second-order valence-electron chi connectivity index (χ2n) is 6.40. The van der Waals surface area contributed by atoms with E-state index in [1.54, 1.807) is 6.07 Å². The van der Waals surface area contributed by atoms with Gasteiger partial charge in [-0.3, -0.25) is 9.79 Å². The number of carbonyl (C=O) groups is 1. The van der Waals surface area contributed by atoms with E-state index in [1.807, 2.05) is 19.9 Å². The maximum atomic E-state index is 14.2. The number of esters is 1. The molecule has 0 heterocycles. The second kappa shape index (κ2) is 9.99. The van der Waals surface area contributed by atoms with Gasteiger partial charge in [0.05, 0.1) is 32.7 Å². The predicted octanol–water partition coefficient (Wildman–Crippen LogP) is 2.79. The molecule has 0 spiro atoms. The van der Waals surface area contributed by atoms with Crippen molar-refractivity contribution < 1.29 is 18.7 Å². The lowest BCUT2D eigenvalue weighted by molar-refractivity contribution is -0.140. The molecular weight excluding hydrogens is 337 g/mol. The molecule has 6 nitrogen and oxygen atoms in total. The van der Waals surface area contributed by atoms with E-state index in [0.29, 0.717) is 37.3 Å². The van der Waals surface area contributed by atoms with Gasteiger partial charge in [-0.25, -0.2) is 4.39 Å². The molecule has 1 aliphatic carbocycles. The fraction of sp³-hybridized carbons (Fsp3) is 0.579. The fourth-order valence-electron chi connectivity index (χ4n) is 2.37. The van der Waals surface area contributed by atoms with Gasteiger partial charge in [0, 0.05) is 6.54 Å². The summed E-state index contributed by atoms with van der Waals surface area (Å²) >= 11 is 0. The smallest absolute Gasteiger partial charge is 0.307 e. The van der Waals surface area contributed by atoms with Gasteiger partial charge in [-0.1, -0.05) is 6.07 Å². The summed E-state index contributed by atoms with van der Waals surface area (Å²) in [7, 11) is 1.35. The van der Waals surface area contributed by atoms with Crippen LogP contribution in [0.1, 0.15) is 44.7 Å². The summed E-state index contributed by atoms with van der Waals surface area (Å²) in [5.74, 6) is 0.786. The molecule has 1 fully saturated rings. The van der Waals surface area contributed by atoms with Crippen LogP contribution in [-0.2, 0) is 9.53 Å². The third-order valence-corrected chi connectivity index (χ3v) is 4.14. The molecular formula is C19H28FN3O3. The van der Waals surface area contributed by atoms with Crippen LogP contribution in [0, 0.1) is 11.7 Å². The molecule has 0 amide bonds. The molecule has 1 aliphatic rings. The fourth-order valence-corrected chi connectivity index (χ4v) is 2.37. The number of nitrogens with one attached hydrogen (secondary N) is 2. The summed E-state index contributed by atoms with van der Waals surface area (Å²) in [5.41, 5.74) is 0.792. The largest absolute Gasteiger partial charge is 0.490 e. The number of rotatable bonds is 9. The Morgan fingerprint density at radius 3 is 2.81 bits per heavy atom. The molecule has 1 saturated carbocycles. The zero-order chi connectivity index (χ0) is 18.9. The standard InChI is InChI=1S/C19H28FN3O3/c1-4-21-19(22-10-9-18(24)25-3)23-13(2)15-7-8-17(16(20)11-15)26-12-14-5-6-14/h7-8,11,13-14H,4-6,9-10,12H2,1-3H3,(H2,21,22,23). The van der Waals surface area contributed by atoms with E-state index < -0.39 is 0 Å². The molecule has 2 rings (SSSR count). The van der Waals surface area contributed by atoms with E-state index >= 15 is 0 Å². The van der Waals surface area contributed by atoms with Crippen molar-refractivity contribution in [1.29, 1.82) is 0 Å². The van der Waals surface area contributed by atoms with E-state index in [4.69, 9.17) is 4.74 Å². The minimum atomic E-state index is -0.357. The van der Waals surface area contributed by atoms with Gasteiger partial charge in [0.2, 0.25) is 0 Å². The zero-order valence-electron chi connectivity index (χ0n) is 15.7. The molecule has 0 aromatic heterocycles. The lowest BCUT2D eigenvalue weighted by Gasteiger charge is -2.19. The van der Waals surface area contributed by atoms with E-state index in [2.05, 4.69) is 20.4 Å². The summed E-state index contributed by atoms with van der Waals surface area (Å²) in [4.78, 5) is 15.5. The Bertz CT molecular complexity index is 632. The molecule has 2 N–H and O–H groups in total. The normalized spacial score (nSPS) is 15.3. The molecule has 1 atom stereocenters. The van der Waals surface area contributed by atoms with Crippen molar-refractivity contribution in [2.24, 2.45) is 10.9 Å². The first-order valence-corrected chi connectivity index (χ1v) is 9.07. The predicted molar refractivity (Wildman–Crippen MR) is 98.8 cm³/mol. The highest BCUT2D eigenvalue weighted by molar-refractivity contribution is 5.80. The Labute approximate surface area is 154 Å². The van der Waals surface area contributed by atoms with Crippen LogP contribution in [0.2, 0.25) is 0 Å². The minimum Gasteiger partial charge on any atom is -0.490 e. The summed E-state index contributed by atoms with van der Waals surface area (Å²) < 4.78 is 24.4. The van der Waals surface area contributed by atoms with Crippen molar-refractivity contribution in [1.82, 2.24) is 10.6 Å². The molecule has 7 heteroatoms. The van der Waals surface area contributed by atoms with Crippen molar-refractivity contribution in [2.75, 3.05) is 26.8 Å². The number of hydrogen-bond donors (Lipinski definition) is 2. The van der Waals surface area contributed by atoms with Gasteiger partial charge in [0.25, 0.3) is 0 Å². The molecule has 26 heavy (non-hydrogen) atoms. The van der Waals surface area contributed by atoms with Crippen molar-refractivity contribution >= 4 is 11.9 Å². The Balaban J connectivity index is 1.94. The number of aliphatic imine (C=N–C) groups is 1. The Morgan fingerprint density at radius 1 is 1.42 bits per heavy atom. The van der Waals surface area contributed by atoms with Crippen LogP contribution in [0.5, 0.6) is 5.75 Å². The number of halogens is 1. The second-order valence-corrected chi connectivity index (χ2v) is 6.40. The molecule has 0 aliphatic heterocycles. The molecule has 0 radical (unpaired) electrons. The van der Waals surface area contributed by atoms with Crippen molar-refractivity contribution in [3.8, 4) is 5.75 Å². The van der Waals surface area contributed by atoms with E-state index in [9.17, 15) is 9.18 Å². The molecule has 1 aromatic carbocycles. The van der Waals surface area contributed by atoms with E-state index in [-0.39, 0.29) is 24.2 Å². The maximum Gasteiger partial charge on any atom is 0.307 e. The van der Waals surface area contributed by atoms with Crippen LogP contribution in [-0.4, -0.2) is 38.7 Å². The summed E-state index contributed by atoms with van der Waals surface area (Å²) in [6.45, 7) is 5.46. The highest BCUT2D eigenvalue weighted by atomic mass is 19.1. The third-order valence-electron chi connectivity index (χ3n) is 4.14.